The lowest BCUT2D eigenvalue weighted by molar-refractivity contribution is -0.148. The summed E-state index contributed by atoms with van der Waals surface area (Å²) in [5.74, 6) is -3.40. The van der Waals surface area contributed by atoms with E-state index in [9.17, 15) is 24.3 Å². The second-order valence-electron chi connectivity index (χ2n) is 11.5. The fourth-order valence-corrected chi connectivity index (χ4v) is 5.65. The molecule has 3 aliphatic rings. The number of nitrogens with one attached hydrogen (secondary N) is 2. The van der Waals surface area contributed by atoms with Crippen LogP contribution in [0.15, 0.2) is 35.9 Å². The van der Waals surface area contributed by atoms with Gasteiger partial charge in [-0.2, -0.15) is 0 Å². The Morgan fingerprint density at radius 2 is 1.86 bits per heavy atom. The minimum Gasteiger partial charge on any atom is -0.497 e. The third-order valence-corrected chi connectivity index (χ3v) is 8.41. The molecule has 0 saturated carbocycles. The molecule has 2 unspecified atom stereocenters. The number of hydrogen-bond donors (Lipinski definition) is 4. The Labute approximate surface area is 245 Å². The van der Waals surface area contributed by atoms with E-state index in [0.29, 0.717) is 32.1 Å². The average molecular weight is 587 g/mol. The van der Waals surface area contributed by atoms with Crippen LogP contribution >= 0.6 is 0 Å². The van der Waals surface area contributed by atoms with Crippen LogP contribution in [0.1, 0.15) is 51.2 Å². The van der Waals surface area contributed by atoms with E-state index in [2.05, 4.69) is 10.6 Å². The summed E-state index contributed by atoms with van der Waals surface area (Å²) in [4.78, 5) is 56.0. The van der Waals surface area contributed by atoms with Gasteiger partial charge in [-0.1, -0.05) is 23.8 Å². The molecule has 3 amide bonds. The van der Waals surface area contributed by atoms with Gasteiger partial charge in [0.25, 0.3) is 0 Å². The zero-order valence-corrected chi connectivity index (χ0v) is 24.5. The van der Waals surface area contributed by atoms with Gasteiger partial charge in [0, 0.05) is 13.1 Å². The van der Waals surface area contributed by atoms with E-state index >= 15 is 0 Å². The van der Waals surface area contributed by atoms with Crippen molar-refractivity contribution in [2.75, 3.05) is 46.6 Å². The highest BCUT2D eigenvalue weighted by atomic mass is 16.6. The van der Waals surface area contributed by atoms with E-state index in [1.165, 1.54) is 14.0 Å². The minimum absolute atomic E-state index is 0.0708. The Morgan fingerprint density at radius 1 is 1.19 bits per heavy atom. The number of morpholine rings is 1. The second kappa shape index (κ2) is 13.3. The van der Waals surface area contributed by atoms with Crippen LogP contribution in [0.5, 0.6) is 5.75 Å². The van der Waals surface area contributed by atoms with Gasteiger partial charge in [-0.05, 0) is 57.2 Å². The molecule has 5 atom stereocenters. The summed E-state index contributed by atoms with van der Waals surface area (Å²) in [7, 11) is 1.49. The first-order valence-electron chi connectivity index (χ1n) is 14.4. The number of amides is 3. The normalized spacial score (nSPS) is 24.0. The van der Waals surface area contributed by atoms with Crippen molar-refractivity contribution in [3.63, 3.8) is 0 Å². The van der Waals surface area contributed by atoms with Gasteiger partial charge in [-0.15, -0.1) is 0 Å². The number of nitrogens with zero attached hydrogens (tertiary/aromatic N) is 1. The smallest absolute Gasteiger partial charge is 0.247 e. The minimum atomic E-state index is -2.26. The molecule has 12 heteroatoms. The molecule has 5 N–H and O–H groups in total. The van der Waals surface area contributed by atoms with E-state index in [0.717, 1.165) is 24.8 Å². The Morgan fingerprint density at radius 3 is 2.40 bits per heavy atom. The number of allylic oxidation sites excluding steroid dienone is 2. The number of rotatable bonds is 14. The molecule has 2 heterocycles. The molecular weight excluding hydrogens is 544 g/mol. The van der Waals surface area contributed by atoms with Crippen molar-refractivity contribution in [3.05, 3.63) is 41.5 Å². The van der Waals surface area contributed by atoms with Gasteiger partial charge in [-0.25, -0.2) is 0 Å². The summed E-state index contributed by atoms with van der Waals surface area (Å²) in [5, 5.41) is 17.2. The summed E-state index contributed by atoms with van der Waals surface area (Å²) in [6, 6.07) is 5.19. The molecule has 1 aromatic rings. The molecule has 12 nitrogen and oxygen atoms in total. The molecule has 2 aliphatic heterocycles. The van der Waals surface area contributed by atoms with E-state index in [1.54, 1.807) is 31.2 Å². The fraction of sp³-hybridized carbons (Fsp3) is 0.600. The maximum absolute atomic E-state index is 14.0. The number of aliphatic hydroxyl groups is 1. The Hall–Kier alpha value is -3.32. The predicted octanol–water partition coefficient (Wildman–Crippen LogP) is 0.380. The Balaban J connectivity index is 1.68. The average Bonchev–Trinajstić information content (AvgIpc) is 3.52. The van der Waals surface area contributed by atoms with Crippen molar-refractivity contribution < 1.29 is 38.5 Å². The lowest BCUT2D eigenvalue weighted by Gasteiger charge is -2.43. The van der Waals surface area contributed by atoms with Gasteiger partial charge in [0.1, 0.15) is 23.5 Å². The number of epoxide rings is 1. The fourth-order valence-electron chi connectivity index (χ4n) is 5.65. The van der Waals surface area contributed by atoms with E-state index in [1.807, 2.05) is 11.0 Å². The van der Waals surface area contributed by atoms with Crippen LogP contribution in [-0.4, -0.2) is 97.3 Å². The molecule has 0 bridgehead atoms. The number of ketones is 1. The number of carbonyl (C=O) groups excluding carboxylic acids is 4. The van der Waals surface area contributed by atoms with Crippen LogP contribution in [-0.2, 0) is 28.7 Å². The SMILES string of the molecule is COc1ccc(C(O)C(NC(=O)[C@H](C)NC(=O)CN2CCOCC2)(C(N)=O)[C@H](CC2=CCCC2)C(=O)[C@@]2(C)CO2)cc1. The summed E-state index contributed by atoms with van der Waals surface area (Å²) < 4.78 is 16.0. The topological polar surface area (TPSA) is 173 Å². The van der Waals surface area contributed by atoms with Crippen LogP contribution in [0, 0.1) is 5.92 Å². The first-order valence-corrected chi connectivity index (χ1v) is 14.4. The van der Waals surface area contributed by atoms with Gasteiger partial charge in [-0.3, -0.25) is 24.1 Å². The highest BCUT2D eigenvalue weighted by Crippen LogP contribution is 2.43. The van der Waals surface area contributed by atoms with Crippen molar-refractivity contribution in [1.82, 2.24) is 15.5 Å². The lowest BCUT2D eigenvalue weighted by Crippen LogP contribution is -2.69. The number of benzene rings is 1. The molecule has 0 aromatic heterocycles. The van der Waals surface area contributed by atoms with Crippen LogP contribution in [0.2, 0.25) is 0 Å². The number of nitrogens with two attached hydrogens (primary N) is 1. The first kappa shape index (κ1) is 31.6. The van der Waals surface area contributed by atoms with Gasteiger partial charge in [0.2, 0.25) is 17.7 Å². The van der Waals surface area contributed by atoms with Gasteiger partial charge < -0.3 is 35.7 Å². The van der Waals surface area contributed by atoms with Crippen LogP contribution in [0.3, 0.4) is 0 Å². The maximum Gasteiger partial charge on any atom is 0.247 e. The summed E-state index contributed by atoms with van der Waals surface area (Å²) in [5.41, 5.74) is 3.81. The van der Waals surface area contributed by atoms with Crippen LogP contribution < -0.4 is 21.1 Å². The molecular formula is C30H42N4O8. The molecule has 1 aromatic carbocycles. The second-order valence-corrected chi connectivity index (χ2v) is 11.5. The third-order valence-electron chi connectivity index (χ3n) is 8.41. The first-order chi connectivity index (χ1) is 20.0. The quantitative estimate of drug-likeness (QED) is 0.178. The Bertz CT molecular complexity index is 1190. The van der Waals surface area contributed by atoms with Crippen molar-refractivity contribution >= 4 is 23.5 Å². The number of hydrogen-bond acceptors (Lipinski definition) is 9. The lowest BCUT2D eigenvalue weighted by atomic mass is 9.69. The number of Topliss-reactive ketones (excluding diaryl/α,β-unsaturated/α-hetero) is 1. The van der Waals surface area contributed by atoms with E-state index in [-0.39, 0.29) is 31.0 Å². The van der Waals surface area contributed by atoms with Crippen LogP contribution in [0.25, 0.3) is 0 Å². The highest BCUT2D eigenvalue weighted by Gasteiger charge is 2.61. The number of aliphatic hydroxyl groups excluding tert-OH is 1. The number of carbonyl (C=O) groups is 4. The zero-order chi connectivity index (χ0) is 30.5. The summed E-state index contributed by atoms with van der Waals surface area (Å²) in [6.45, 7) is 5.52. The number of ether oxygens (including phenoxy) is 3. The van der Waals surface area contributed by atoms with Gasteiger partial charge in [0.05, 0.1) is 39.4 Å². The molecule has 4 rings (SSSR count). The number of methoxy groups -OCH3 is 1. The number of primary amides is 1. The molecule has 230 valence electrons. The predicted molar refractivity (Wildman–Crippen MR) is 152 cm³/mol. The standard InChI is InChI=1S/C30H42N4O8/c1-19(32-24(35)17-34-12-14-41-15-13-34)27(38)33-30(28(31)39,25(36)21-8-10-22(40-3)11-9-21)23(16-20-6-4-5-7-20)26(37)29(2)18-42-29/h6,8-11,19,23,25,36H,4-5,7,12-18H2,1-3H3,(H2,31,39)(H,32,35)(H,33,38)/t19-,23+,25?,29+,30?/m0/s1. The summed E-state index contributed by atoms with van der Waals surface area (Å²) >= 11 is 0. The van der Waals surface area contributed by atoms with Crippen molar-refractivity contribution in [1.29, 1.82) is 0 Å². The largest absolute Gasteiger partial charge is 0.497 e. The zero-order valence-electron chi connectivity index (χ0n) is 24.5. The molecule has 0 spiro atoms. The van der Waals surface area contributed by atoms with Gasteiger partial charge in [0.15, 0.2) is 11.3 Å². The maximum atomic E-state index is 14.0. The highest BCUT2D eigenvalue weighted by molar-refractivity contribution is 6.02. The van der Waals surface area contributed by atoms with Crippen molar-refractivity contribution in [3.8, 4) is 5.75 Å². The third kappa shape index (κ3) is 7.00. The van der Waals surface area contributed by atoms with Crippen molar-refractivity contribution in [2.24, 2.45) is 11.7 Å². The van der Waals surface area contributed by atoms with Crippen molar-refractivity contribution in [2.45, 2.75) is 62.8 Å². The van der Waals surface area contributed by atoms with Gasteiger partial charge >= 0.3 is 0 Å². The van der Waals surface area contributed by atoms with E-state index in [4.69, 9.17) is 19.9 Å². The molecule has 1 aliphatic carbocycles. The Kier molecular flexibility index (Phi) is 10.0. The molecule has 0 radical (unpaired) electrons. The summed E-state index contributed by atoms with van der Waals surface area (Å²) in [6.07, 6.45) is 2.85. The molecule has 42 heavy (non-hydrogen) atoms. The monoisotopic (exact) mass is 586 g/mol. The van der Waals surface area contributed by atoms with Crippen LogP contribution in [0.4, 0.5) is 0 Å². The van der Waals surface area contributed by atoms with E-state index < -0.39 is 46.8 Å². The molecule has 2 saturated heterocycles. The molecule has 2 fully saturated rings.